The van der Waals surface area contributed by atoms with Crippen molar-refractivity contribution in [3.8, 4) is 0 Å². The third-order valence-electron chi connectivity index (χ3n) is 3.61. The first-order chi connectivity index (χ1) is 8.38. The molecule has 1 amide bonds. The van der Waals surface area contributed by atoms with Crippen LogP contribution in [0.15, 0.2) is 0 Å². The minimum Gasteiger partial charge on any atom is -0.347 e. The fourth-order valence-corrected chi connectivity index (χ4v) is 2.03. The Kier molecular flexibility index (Phi) is 3.41. The van der Waals surface area contributed by atoms with Crippen molar-refractivity contribution < 1.29 is 4.79 Å². The van der Waals surface area contributed by atoms with Crippen LogP contribution in [0.1, 0.15) is 63.4 Å². The fraction of sp³-hybridized carbons (Fsp3) is 0.769. The molecule has 0 radical (unpaired) electrons. The molecule has 5 nitrogen and oxygen atoms in total. The highest BCUT2D eigenvalue weighted by atomic mass is 16.2. The van der Waals surface area contributed by atoms with E-state index in [2.05, 4.69) is 27.4 Å². The van der Waals surface area contributed by atoms with Crippen LogP contribution >= 0.6 is 0 Å². The number of amides is 1. The van der Waals surface area contributed by atoms with Crippen molar-refractivity contribution in [3.63, 3.8) is 0 Å². The van der Waals surface area contributed by atoms with Crippen molar-refractivity contribution in [2.24, 2.45) is 5.92 Å². The number of H-pyrrole nitrogens is 1. The first-order valence-corrected chi connectivity index (χ1v) is 6.61. The van der Waals surface area contributed by atoms with E-state index in [1.807, 2.05) is 20.8 Å². The number of aromatic nitrogens is 3. The maximum Gasteiger partial charge on any atom is 0.291 e. The highest BCUT2D eigenvalue weighted by Gasteiger charge is 2.27. The zero-order valence-corrected chi connectivity index (χ0v) is 11.6. The summed E-state index contributed by atoms with van der Waals surface area (Å²) in [6.45, 7) is 8.16. The highest BCUT2D eigenvalue weighted by Crippen LogP contribution is 2.29. The van der Waals surface area contributed by atoms with Gasteiger partial charge in [0.15, 0.2) is 0 Å². The molecule has 2 rings (SSSR count). The van der Waals surface area contributed by atoms with Gasteiger partial charge in [-0.05, 0) is 25.7 Å². The Morgan fingerprint density at radius 2 is 2.11 bits per heavy atom. The van der Waals surface area contributed by atoms with Crippen LogP contribution in [-0.4, -0.2) is 27.1 Å². The van der Waals surface area contributed by atoms with Crippen LogP contribution in [0.4, 0.5) is 0 Å². The summed E-state index contributed by atoms with van der Waals surface area (Å²) in [5.74, 6) is 1.42. The first kappa shape index (κ1) is 13.1. The van der Waals surface area contributed by atoms with Crippen molar-refractivity contribution in [1.82, 2.24) is 20.5 Å². The lowest BCUT2D eigenvalue weighted by atomic mass is 9.80. The number of hydrogen-bond donors (Lipinski definition) is 2. The molecular formula is C13H22N4O. The molecule has 1 unspecified atom stereocenters. The molecule has 18 heavy (non-hydrogen) atoms. The number of carbonyl (C=O) groups is 1. The van der Waals surface area contributed by atoms with E-state index in [0.717, 1.165) is 5.82 Å². The number of rotatable bonds is 3. The average molecular weight is 250 g/mol. The molecule has 1 atom stereocenters. The smallest absolute Gasteiger partial charge is 0.291 e. The summed E-state index contributed by atoms with van der Waals surface area (Å²) < 4.78 is 0. The molecule has 5 heteroatoms. The number of hydrogen-bond acceptors (Lipinski definition) is 3. The molecule has 1 aliphatic carbocycles. The summed E-state index contributed by atoms with van der Waals surface area (Å²) >= 11 is 0. The van der Waals surface area contributed by atoms with E-state index in [0.29, 0.717) is 5.92 Å². The lowest BCUT2D eigenvalue weighted by Gasteiger charge is -2.31. The molecule has 0 aromatic carbocycles. The Morgan fingerprint density at radius 3 is 2.56 bits per heavy atom. The summed E-state index contributed by atoms with van der Waals surface area (Å²) in [5, 5.41) is 9.80. The summed E-state index contributed by atoms with van der Waals surface area (Å²) in [6.07, 6.45) is 3.70. The van der Waals surface area contributed by atoms with Gasteiger partial charge in [-0.3, -0.25) is 9.89 Å². The number of carbonyl (C=O) groups excluding carboxylic acids is 1. The van der Waals surface area contributed by atoms with Gasteiger partial charge >= 0.3 is 0 Å². The third kappa shape index (κ3) is 2.71. The van der Waals surface area contributed by atoms with Crippen LogP contribution in [0.3, 0.4) is 0 Å². The van der Waals surface area contributed by atoms with Crippen molar-refractivity contribution in [2.45, 2.75) is 58.4 Å². The van der Waals surface area contributed by atoms with Crippen LogP contribution in [0.5, 0.6) is 0 Å². The summed E-state index contributed by atoms with van der Waals surface area (Å²) in [6, 6.07) is 0.211. The minimum absolute atomic E-state index is 0.120. The van der Waals surface area contributed by atoms with Gasteiger partial charge < -0.3 is 5.32 Å². The van der Waals surface area contributed by atoms with Crippen molar-refractivity contribution in [3.05, 3.63) is 11.6 Å². The Bertz CT molecular complexity index is 428. The molecule has 1 fully saturated rings. The van der Waals surface area contributed by atoms with Gasteiger partial charge in [-0.1, -0.05) is 27.2 Å². The van der Waals surface area contributed by atoms with Crippen LogP contribution in [0, 0.1) is 5.92 Å². The van der Waals surface area contributed by atoms with E-state index >= 15 is 0 Å². The molecule has 1 aromatic heterocycles. The molecular weight excluding hydrogens is 228 g/mol. The molecule has 0 aliphatic heterocycles. The van der Waals surface area contributed by atoms with Gasteiger partial charge in [0, 0.05) is 11.5 Å². The fourth-order valence-electron chi connectivity index (χ4n) is 2.03. The van der Waals surface area contributed by atoms with Crippen molar-refractivity contribution in [2.75, 3.05) is 0 Å². The van der Waals surface area contributed by atoms with Crippen LogP contribution < -0.4 is 5.32 Å². The Balaban J connectivity index is 1.98. The Morgan fingerprint density at radius 1 is 1.44 bits per heavy atom. The highest BCUT2D eigenvalue weighted by molar-refractivity contribution is 5.90. The summed E-state index contributed by atoms with van der Waals surface area (Å²) in [5.41, 5.74) is -0.120. The first-order valence-electron chi connectivity index (χ1n) is 6.61. The predicted octanol–water partition coefficient (Wildman–Crippen LogP) is 2.02. The minimum atomic E-state index is -0.179. The largest absolute Gasteiger partial charge is 0.347 e. The lowest BCUT2D eigenvalue weighted by molar-refractivity contribution is 0.0899. The molecule has 100 valence electrons. The second-order valence-corrected chi connectivity index (χ2v) is 6.21. The van der Waals surface area contributed by atoms with E-state index in [1.165, 1.54) is 19.3 Å². The second-order valence-electron chi connectivity index (χ2n) is 6.21. The van der Waals surface area contributed by atoms with E-state index in [-0.39, 0.29) is 23.2 Å². The third-order valence-corrected chi connectivity index (χ3v) is 3.61. The number of nitrogens with zero attached hydrogens (tertiary/aromatic N) is 2. The van der Waals surface area contributed by atoms with E-state index < -0.39 is 0 Å². The zero-order valence-electron chi connectivity index (χ0n) is 11.6. The van der Waals surface area contributed by atoms with Crippen LogP contribution in [0.25, 0.3) is 0 Å². The molecule has 0 bridgehead atoms. The monoisotopic (exact) mass is 250 g/mol. The predicted molar refractivity (Wildman–Crippen MR) is 69.4 cm³/mol. The quantitative estimate of drug-likeness (QED) is 0.862. The van der Waals surface area contributed by atoms with Gasteiger partial charge in [-0.15, -0.1) is 5.10 Å². The van der Waals surface area contributed by atoms with Crippen molar-refractivity contribution >= 4 is 5.91 Å². The van der Waals surface area contributed by atoms with Gasteiger partial charge in [0.1, 0.15) is 5.82 Å². The van der Waals surface area contributed by atoms with Gasteiger partial charge in [0.25, 0.3) is 5.91 Å². The maximum atomic E-state index is 12.0. The number of aromatic amines is 1. The van der Waals surface area contributed by atoms with E-state index in [1.54, 1.807) is 0 Å². The number of nitrogens with one attached hydrogen (secondary N) is 2. The maximum absolute atomic E-state index is 12.0. The Labute approximate surface area is 108 Å². The van der Waals surface area contributed by atoms with Crippen LogP contribution in [-0.2, 0) is 5.41 Å². The van der Waals surface area contributed by atoms with Crippen molar-refractivity contribution in [1.29, 1.82) is 0 Å². The molecule has 1 aliphatic rings. The molecule has 2 N–H and O–H groups in total. The van der Waals surface area contributed by atoms with Gasteiger partial charge in [0.2, 0.25) is 5.82 Å². The summed E-state index contributed by atoms with van der Waals surface area (Å²) in [4.78, 5) is 16.2. The Hall–Kier alpha value is -1.39. The molecule has 0 spiro atoms. The van der Waals surface area contributed by atoms with Gasteiger partial charge in [0.05, 0.1) is 0 Å². The zero-order chi connectivity index (χ0) is 13.3. The molecule has 0 saturated heterocycles. The average Bonchev–Trinajstić information content (AvgIpc) is 2.61. The topological polar surface area (TPSA) is 70.7 Å². The molecule has 1 aromatic rings. The lowest BCUT2D eigenvalue weighted by Crippen LogP contribution is -2.41. The van der Waals surface area contributed by atoms with Gasteiger partial charge in [-0.2, -0.15) is 0 Å². The second kappa shape index (κ2) is 4.71. The standard InChI is InChI=1S/C13H22N4O/c1-8(9-6-5-7-9)14-11(18)10-15-12(17-16-10)13(2,3)4/h8-9H,5-7H2,1-4H3,(H,14,18)(H,15,16,17). The summed E-state index contributed by atoms with van der Waals surface area (Å²) in [7, 11) is 0. The normalized spacial score (nSPS) is 18.2. The van der Waals surface area contributed by atoms with Crippen LogP contribution in [0.2, 0.25) is 0 Å². The van der Waals surface area contributed by atoms with E-state index in [4.69, 9.17) is 0 Å². The van der Waals surface area contributed by atoms with Gasteiger partial charge in [-0.25, -0.2) is 4.98 Å². The SMILES string of the molecule is CC(NC(=O)c1n[nH]c(C(C)(C)C)n1)C1CCC1. The molecule has 1 saturated carbocycles. The molecule has 1 heterocycles. The van der Waals surface area contributed by atoms with E-state index in [9.17, 15) is 4.79 Å².